The Labute approximate surface area is 327 Å². The van der Waals surface area contributed by atoms with Crippen molar-refractivity contribution in [1.29, 1.82) is 0 Å². The average Bonchev–Trinajstić information content (AvgIpc) is 3.11. The number of nitrogens with zero attached hydrogens (tertiary/aromatic N) is 1. The van der Waals surface area contributed by atoms with Crippen LogP contribution in [0.4, 0.5) is 0 Å². The Balaban J connectivity index is 4.33. The zero-order valence-electron chi connectivity index (χ0n) is 35.5. The molecule has 0 fully saturated rings. The maximum Gasteiger partial charge on any atom is 0.362 e. The van der Waals surface area contributed by atoms with Crippen LogP contribution >= 0.6 is 0 Å². The minimum Gasteiger partial charge on any atom is -0.477 e. The van der Waals surface area contributed by atoms with Gasteiger partial charge in [-0.1, -0.05) is 161 Å². The summed E-state index contributed by atoms with van der Waals surface area (Å²) in [4.78, 5) is 36.9. The first kappa shape index (κ1) is 51.1. The Morgan fingerprint density at radius 3 is 1.36 bits per heavy atom. The number of hydrogen-bond donors (Lipinski definition) is 1. The zero-order valence-corrected chi connectivity index (χ0v) is 35.5. The van der Waals surface area contributed by atoms with Crippen LogP contribution in [0, 0.1) is 0 Å². The van der Waals surface area contributed by atoms with Gasteiger partial charge in [-0.05, 0) is 38.5 Å². The van der Waals surface area contributed by atoms with Gasteiger partial charge in [0.2, 0.25) is 0 Å². The van der Waals surface area contributed by atoms with Crippen molar-refractivity contribution in [2.24, 2.45) is 0 Å². The fraction of sp³-hybridized carbons (Fsp3) is 0.889. The number of quaternary nitrogens is 1. The fourth-order valence-corrected chi connectivity index (χ4v) is 6.67. The quantitative estimate of drug-likeness (QED) is 0.0288. The number of allylic oxidation sites excluding steroid dienone is 2. The van der Waals surface area contributed by atoms with Crippen molar-refractivity contribution in [3.63, 3.8) is 0 Å². The number of carboxylic acids is 1. The predicted octanol–water partition coefficient (Wildman–Crippen LogP) is 11.9. The van der Waals surface area contributed by atoms with Crippen LogP contribution in [-0.4, -0.2) is 80.6 Å². The lowest BCUT2D eigenvalue weighted by Crippen LogP contribution is -2.50. The van der Waals surface area contributed by atoms with Crippen LogP contribution in [0.25, 0.3) is 0 Å². The first-order valence-corrected chi connectivity index (χ1v) is 22.2. The van der Waals surface area contributed by atoms with E-state index < -0.39 is 18.1 Å². The van der Waals surface area contributed by atoms with Gasteiger partial charge in [-0.15, -0.1) is 0 Å². The summed E-state index contributed by atoms with van der Waals surface area (Å²) >= 11 is 0. The lowest BCUT2D eigenvalue weighted by atomic mass is 10.0. The van der Waals surface area contributed by atoms with Gasteiger partial charge < -0.3 is 23.8 Å². The molecule has 0 aromatic carbocycles. The lowest BCUT2D eigenvalue weighted by molar-refractivity contribution is -0.887. The lowest BCUT2D eigenvalue weighted by Gasteiger charge is -2.31. The molecule has 0 amide bonds. The van der Waals surface area contributed by atoms with Gasteiger partial charge in [-0.2, -0.15) is 0 Å². The molecule has 0 aliphatic heterocycles. The average molecular weight is 753 g/mol. The highest BCUT2D eigenvalue weighted by Crippen LogP contribution is 2.15. The summed E-state index contributed by atoms with van der Waals surface area (Å²) in [5.41, 5.74) is 0. The number of esters is 2. The molecule has 1 N–H and O–H groups in total. The number of rotatable bonds is 40. The van der Waals surface area contributed by atoms with E-state index in [0.29, 0.717) is 19.3 Å². The molecule has 0 aromatic rings. The Hall–Kier alpha value is -1.93. The van der Waals surface area contributed by atoms with E-state index in [1.165, 1.54) is 122 Å². The molecule has 0 radical (unpaired) electrons. The van der Waals surface area contributed by atoms with E-state index in [1.54, 1.807) is 0 Å². The van der Waals surface area contributed by atoms with Crippen molar-refractivity contribution >= 4 is 17.9 Å². The molecule has 8 heteroatoms. The van der Waals surface area contributed by atoms with E-state index >= 15 is 0 Å². The third-order valence-electron chi connectivity index (χ3n) is 10.2. The fourth-order valence-electron chi connectivity index (χ4n) is 6.67. The van der Waals surface area contributed by atoms with Gasteiger partial charge in [-0.3, -0.25) is 9.59 Å². The molecule has 0 spiro atoms. The number of unbranched alkanes of at least 4 members (excludes halogenated alkanes) is 24. The monoisotopic (exact) mass is 753 g/mol. The largest absolute Gasteiger partial charge is 0.477 e. The van der Waals surface area contributed by atoms with E-state index in [0.717, 1.165) is 51.4 Å². The SMILES string of the molecule is CCCCCCCCC/C=C/CCCCCCCC(=O)OC(COCCC(C(=O)O)[N+](C)(C)C)COC(=O)CCCCCCCCCCCCCCC. The summed E-state index contributed by atoms with van der Waals surface area (Å²) in [5, 5.41) is 9.61. The second-order valence-electron chi connectivity index (χ2n) is 16.3. The second-order valence-corrected chi connectivity index (χ2v) is 16.3. The van der Waals surface area contributed by atoms with Gasteiger partial charge in [0.15, 0.2) is 12.1 Å². The first-order valence-electron chi connectivity index (χ1n) is 22.2. The third-order valence-corrected chi connectivity index (χ3v) is 10.2. The van der Waals surface area contributed by atoms with Crippen LogP contribution < -0.4 is 0 Å². The highest BCUT2D eigenvalue weighted by molar-refractivity contribution is 5.72. The van der Waals surface area contributed by atoms with Gasteiger partial charge >= 0.3 is 17.9 Å². The highest BCUT2D eigenvalue weighted by Gasteiger charge is 2.31. The van der Waals surface area contributed by atoms with E-state index in [4.69, 9.17) is 14.2 Å². The Bertz CT molecular complexity index is 885. The van der Waals surface area contributed by atoms with Crippen LogP contribution in [0.3, 0.4) is 0 Å². The number of carbonyl (C=O) groups is 3. The van der Waals surface area contributed by atoms with Crippen LogP contribution in [0.5, 0.6) is 0 Å². The van der Waals surface area contributed by atoms with Crippen molar-refractivity contribution < 1.29 is 38.2 Å². The molecule has 0 aliphatic carbocycles. The summed E-state index contributed by atoms with van der Waals surface area (Å²) in [6.45, 7) is 4.74. The molecule has 0 heterocycles. The molecule has 0 saturated carbocycles. The number of aliphatic carboxylic acids is 1. The highest BCUT2D eigenvalue weighted by atomic mass is 16.6. The molecule has 312 valence electrons. The number of ether oxygens (including phenoxy) is 3. The molecule has 2 unspecified atom stereocenters. The number of likely N-dealkylation sites (N-methyl/N-ethyl adjacent to an activating group) is 1. The van der Waals surface area contributed by atoms with Gasteiger partial charge in [0, 0.05) is 19.3 Å². The molecule has 0 aromatic heterocycles. The predicted molar refractivity (Wildman–Crippen MR) is 220 cm³/mol. The van der Waals surface area contributed by atoms with Crippen molar-refractivity contribution in [1.82, 2.24) is 0 Å². The minimum atomic E-state index is -0.874. The van der Waals surface area contributed by atoms with E-state index in [2.05, 4.69) is 26.0 Å². The van der Waals surface area contributed by atoms with Crippen LogP contribution in [0.15, 0.2) is 12.2 Å². The molecule has 0 rings (SSSR count). The summed E-state index contributed by atoms with van der Waals surface area (Å²) in [6, 6.07) is -0.611. The maximum atomic E-state index is 12.7. The van der Waals surface area contributed by atoms with Crippen molar-refractivity contribution in [2.75, 3.05) is 41.0 Å². The van der Waals surface area contributed by atoms with Crippen molar-refractivity contribution in [3.05, 3.63) is 12.2 Å². The molecule has 2 atom stereocenters. The Morgan fingerprint density at radius 1 is 0.547 bits per heavy atom. The summed E-state index contributed by atoms with van der Waals surface area (Å²) in [7, 11) is 5.53. The first-order chi connectivity index (χ1) is 25.6. The zero-order chi connectivity index (χ0) is 39.3. The molecule has 0 saturated heterocycles. The number of carbonyl (C=O) groups excluding carboxylic acids is 2. The van der Waals surface area contributed by atoms with Crippen LogP contribution in [-0.2, 0) is 28.6 Å². The molecule has 0 aliphatic rings. The topological polar surface area (TPSA) is 99.1 Å². The second kappa shape index (κ2) is 37.0. The standard InChI is InChI=1S/C45H85NO7/c1-6-8-10-12-14-16-18-20-21-22-24-26-28-30-32-34-36-44(48)53-41(39-51-38-37-42(45(49)50)46(3,4)5)40-52-43(47)35-33-31-29-27-25-23-19-17-15-13-11-9-7-2/h21-22,41-42H,6-20,23-40H2,1-5H3/p+1/b22-21+. The summed E-state index contributed by atoms with van der Waals surface area (Å²) < 4.78 is 17.3. The normalized spacial score (nSPS) is 13.0. The van der Waals surface area contributed by atoms with E-state index in [9.17, 15) is 19.5 Å². The van der Waals surface area contributed by atoms with E-state index in [1.807, 2.05) is 21.1 Å². The minimum absolute atomic E-state index is 0.0484. The third kappa shape index (κ3) is 35.5. The van der Waals surface area contributed by atoms with Gasteiger partial charge in [-0.25, -0.2) is 4.79 Å². The number of hydrogen-bond acceptors (Lipinski definition) is 6. The Morgan fingerprint density at radius 2 is 0.943 bits per heavy atom. The molecular formula is C45H86NO7+. The van der Waals surface area contributed by atoms with Gasteiger partial charge in [0.05, 0.1) is 34.4 Å². The van der Waals surface area contributed by atoms with Gasteiger partial charge in [0.1, 0.15) is 6.61 Å². The van der Waals surface area contributed by atoms with Crippen molar-refractivity contribution in [3.8, 4) is 0 Å². The summed E-state index contributed by atoms with van der Waals surface area (Å²) in [5.74, 6) is -1.46. The molecular weight excluding hydrogens is 666 g/mol. The summed E-state index contributed by atoms with van der Waals surface area (Å²) in [6.07, 6.45) is 38.2. The Kier molecular flexibility index (Phi) is 35.7. The number of carboxylic acid groups (broad SMARTS) is 1. The molecule has 0 bridgehead atoms. The molecule has 8 nitrogen and oxygen atoms in total. The van der Waals surface area contributed by atoms with Crippen LogP contribution in [0.1, 0.15) is 206 Å². The van der Waals surface area contributed by atoms with Gasteiger partial charge in [0.25, 0.3) is 0 Å². The van der Waals surface area contributed by atoms with E-state index in [-0.39, 0.29) is 36.2 Å². The maximum absolute atomic E-state index is 12.7. The van der Waals surface area contributed by atoms with Crippen molar-refractivity contribution in [2.45, 2.75) is 219 Å². The van der Waals surface area contributed by atoms with Crippen LogP contribution in [0.2, 0.25) is 0 Å². The molecule has 53 heavy (non-hydrogen) atoms. The smallest absolute Gasteiger partial charge is 0.362 e.